The molecule has 2 aromatic rings. The highest BCUT2D eigenvalue weighted by Crippen LogP contribution is 2.19. The van der Waals surface area contributed by atoms with Crippen molar-refractivity contribution < 1.29 is 14.4 Å². The van der Waals surface area contributed by atoms with E-state index in [1.165, 1.54) is 0 Å². The molecule has 0 N–H and O–H groups in total. The lowest BCUT2D eigenvalue weighted by Gasteiger charge is -2.32. The minimum Gasteiger partial charge on any atom is -0.342 e. The second kappa shape index (κ2) is 8.00. The number of hydrogen-bond acceptors (Lipinski definition) is 4. The van der Waals surface area contributed by atoms with E-state index in [4.69, 9.17) is 0 Å². The molecule has 0 unspecified atom stereocenters. The highest BCUT2D eigenvalue weighted by atomic mass is 16.2. The highest BCUT2D eigenvalue weighted by Gasteiger charge is 2.29. The van der Waals surface area contributed by atoms with Crippen LogP contribution in [0.25, 0.3) is 5.52 Å². The number of amides is 3. The normalized spacial score (nSPS) is 18.2. The summed E-state index contributed by atoms with van der Waals surface area (Å²) >= 11 is 0. The summed E-state index contributed by atoms with van der Waals surface area (Å²) in [6, 6.07) is 5.50. The van der Waals surface area contributed by atoms with Gasteiger partial charge in [-0.1, -0.05) is 18.9 Å². The first-order chi connectivity index (χ1) is 13.7. The zero-order chi connectivity index (χ0) is 19.5. The Morgan fingerprint density at radius 1 is 0.857 bits per heavy atom. The fourth-order valence-corrected chi connectivity index (χ4v) is 3.94. The van der Waals surface area contributed by atoms with E-state index in [1.54, 1.807) is 20.4 Å². The van der Waals surface area contributed by atoms with Gasteiger partial charge in [0.05, 0.1) is 5.52 Å². The van der Waals surface area contributed by atoms with Gasteiger partial charge in [-0.2, -0.15) is 0 Å². The molecule has 4 heterocycles. The number of imidazole rings is 1. The number of nitrogens with zero attached hydrogens (tertiary/aromatic N) is 5. The van der Waals surface area contributed by atoms with Crippen LogP contribution in [0.3, 0.4) is 0 Å². The first-order valence-corrected chi connectivity index (χ1v) is 9.94. The SMILES string of the molecule is O=CN1CCN(C(=O)c2nc(C(=O)N3CCCCCC3)n3ccccc23)CC1. The maximum Gasteiger partial charge on any atom is 0.290 e. The molecule has 8 heteroatoms. The lowest BCUT2D eigenvalue weighted by Crippen LogP contribution is -2.48. The van der Waals surface area contributed by atoms with Gasteiger partial charge in [-0.25, -0.2) is 4.98 Å². The number of hydrogen-bond donors (Lipinski definition) is 0. The van der Waals surface area contributed by atoms with Crippen molar-refractivity contribution in [2.24, 2.45) is 0 Å². The van der Waals surface area contributed by atoms with Crippen LogP contribution in [0.2, 0.25) is 0 Å². The third kappa shape index (κ3) is 3.46. The summed E-state index contributed by atoms with van der Waals surface area (Å²) in [6.45, 7) is 3.44. The molecule has 0 aromatic carbocycles. The molecule has 2 saturated heterocycles. The molecule has 28 heavy (non-hydrogen) atoms. The van der Waals surface area contributed by atoms with E-state index in [0.29, 0.717) is 43.2 Å². The van der Waals surface area contributed by atoms with Crippen LogP contribution in [-0.2, 0) is 4.79 Å². The van der Waals surface area contributed by atoms with Gasteiger partial charge >= 0.3 is 0 Å². The smallest absolute Gasteiger partial charge is 0.290 e. The number of rotatable bonds is 3. The minimum atomic E-state index is -0.191. The second-order valence-corrected chi connectivity index (χ2v) is 7.38. The Morgan fingerprint density at radius 2 is 1.54 bits per heavy atom. The molecular formula is C20H25N5O3. The number of likely N-dealkylation sites (tertiary alicyclic amines) is 1. The van der Waals surface area contributed by atoms with Crippen LogP contribution in [0.1, 0.15) is 46.8 Å². The monoisotopic (exact) mass is 383 g/mol. The maximum atomic E-state index is 13.1. The van der Waals surface area contributed by atoms with E-state index in [1.807, 2.05) is 23.1 Å². The molecule has 0 aliphatic carbocycles. The van der Waals surface area contributed by atoms with E-state index in [-0.39, 0.29) is 11.8 Å². The van der Waals surface area contributed by atoms with Crippen molar-refractivity contribution in [2.45, 2.75) is 25.7 Å². The summed E-state index contributed by atoms with van der Waals surface area (Å²) in [7, 11) is 0. The average molecular weight is 383 g/mol. The van der Waals surface area contributed by atoms with Gasteiger partial charge in [-0.05, 0) is 25.0 Å². The second-order valence-electron chi connectivity index (χ2n) is 7.38. The predicted molar refractivity (Wildman–Crippen MR) is 103 cm³/mol. The van der Waals surface area contributed by atoms with E-state index in [0.717, 1.165) is 45.2 Å². The van der Waals surface area contributed by atoms with Crippen LogP contribution >= 0.6 is 0 Å². The molecule has 0 bridgehead atoms. The molecular weight excluding hydrogens is 358 g/mol. The molecule has 2 fully saturated rings. The number of piperazine rings is 1. The molecule has 4 rings (SSSR count). The van der Waals surface area contributed by atoms with Crippen molar-refractivity contribution in [3.05, 3.63) is 35.9 Å². The predicted octanol–water partition coefficient (Wildman–Crippen LogP) is 1.26. The van der Waals surface area contributed by atoms with E-state index < -0.39 is 0 Å². The van der Waals surface area contributed by atoms with Gasteiger partial charge in [0.2, 0.25) is 12.2 Å². The first kappa shape index (κ1) is 18.5. The molecule has 0 spiro atoms. The highest BCUT2D eigenvalue weighted by molar-refractivity contribution is 6.02. The molecule has 8 nitrogen and oxygen atoms in total. The van der Waals surface area contributed by atoms with Crippen molar-refractivity contribution in [1.82, 2.24) is 24.1 Å². The third-order valence-corrected chi connectivity index (χ3v) is 5.59. The third-order valence-electron chi connectivity index (χ3n) is 5.59. The zero-order valence-electron chi connectivity index (χ0n) is 15.9. The molecule has 0 atom stereocenters. The molecule has 2 aliphatic rings. The Balaban J connectivity index is 1.64. The number of aromatic nitrogens is 2. The maximum absolute atomic E-state index is 13.1. The van der Waals surface area contributed by atoms with Crippen LogP contribution in [0, 0.1) is 0 Å². The Hall–Kier alpha value is -2.90. The molecule has 2 aliphatic heterocycles. The Kier molecular flexibility index (Phi) is 5.27. The Morgan fingerprint density at radius 3 is 2.21 bits per heavy atom. The Labute approximate surface area is 163 Å². The van der Waals surface area contributed by atoms with Gasteiger partial charge in [0.15, 0.2) is 5.69 Å². The fraction of sp³-hybridized carbons (Fsp3) is 0.500. The van der Waals surface area contributed by atoms with Crippen LogP contribution in [0.4, 0.5) is 0 Å². The van der Waals surface area contributed by atoms with Gasteiger partial charge in [0.25, 0.3) is 11.8 Å². The molecule has 0 radical (unpaired) electrons. The van der Waals surface area contributed by atoms with Crippen molar-refractivity contribution in [3.8, 4) is 0 Å². The van der Waals surface area contributed by atoms with Gasteiger partial charge in [-0.3, -0.25) is 18.8 Å². The number of carbonyl (C=O) groups excluding carboxylic acids is 3. The fourth-order valence-electron chi connectivity index (χ4n) is 3.94. The largest absolute Gasteiger partial charge is 0.342 e. The minimum absolute atomic E-state index is 0.118. The van der Waals surface area contributed by atoms with Gasteiger partial charge in [0.1, 0.15) is 0 Å². The zero-order valence-corrected chi connectivity index (χ0v) is 15.9. The average Bonchev–Trinajstić information content (AvgIpc) is 2.92. The van der Waals surface area contributed by atoms with Gasteiger partial charge < -0.3 is 14.7 Å². The van der Waals surface area contributed by atoms with E-state index >= 15 is 0 Å². The Bertz CT molecular complexity index is 877. The topological polar surface area (TPSA) is 78.2 Å². The summed E-state index contributed by atoms with van der Waals surface area (Å²) in [5.74, 6) is -0.00975. The first-order valence-electron chi connectivity index (χ1n) is 9.94. The standard InChI is InChI=1S/C20H25N5O3/c26-15-22-11-13-24(14-12-22)19(27)17-16-7-3-6-10-25(16)18(21-17)20(28)23-8-4-1-2-5-9-23/h3,6-7,10,15H,1-2,4-5,8-9,11-14H2. The summed E-state index contributed by atoms with van der Waals surface area (Å²) in [4.78, 5) is 46.8. The number of carbonyl (C=O) groups is 3. The summed E-state index contributed by atoms with van der Waals surface area (Å²) in [5, 5.41) is 0. The lowest BCUT2D eigenvalue weighted by molar-refractivity contribution is -0.119. The van der Waals surface area contributed by atoms with Crippen LogP contribution in [0.15, 0.2) is 24.4 Å². The van der Waals surface area contributed by atoms with Crippen LogP contribution in [-0.4, -0.2) is 81.6 Å². The van der Waals surface area contributed by atoms with Crippen molar-refractivity contribution in [1.29, 1.82) is 0 Å². The van der Waals surface area contributed by atoms with E-state index in [2.05, 4.69) is 4.98 Å². The quantitative estimate of drug-likeness (QED) is 0.748. The van der Waals surface area contributed by atoms with Crippen molar-refractivity contribution >= 4 is 23.7 Å². The van der Waals surface area contributed by atoms with Gasteiger partial charge in [0, 0.05) is 45.5 Å². The molecule has 0 saturated carbocycles. The van der Waals surface area contributed by atoms with Crippen LogP contribution in [0.5, 0.6) is 0 Å². The summed E-state index contributed by atoms with van der Waals surface area (Å²) in [5.41, 5.74) is 0.946. The summed E-state index contributed by atoms with van der Waals surface area (Å²) in [6.07, 6.45) is 6.88. The van der Waals surface area contributed by atoms with Crippen LogP contribution < -0.4 is 0 Å². The molecule has 3 amide bonds. The summed E-state index contributed by atoms with van der Waals surface area (Å²) < 4.78 is 1.72. The number of pyridine rings is 1. The van der Waals surface area contributed by atoms with Gasteiger partial charge in [-0.15, -0.1) is 0 Å². The van der Waals surface area contributed by atoms with E-state index in [9.17, 15) is 14.4 Å². The van der Waals surface area contributed by atoms with Crippen molar-refractivity contribution in [3.63, 3.8) is 0 Å². The molecule has 148 valence electrons. The molecule has 2 aromatic heterocycles. The number of fused-ring (bicyclic) bond motifs is 1. The van der Waals surface area contributed by atoms with Crippen molar-refractivity contribution in [2.75, 3.05) is 39.3 Å². The lowest BCUT2D eigenvalue weighted by atomic mass is 10.2.